The molecule has 0 atom stereocenters. The summed E-state index contributed by atoms with van der Waals surface area (Å²) in [6.07, 6.45) is -0.917. The first-order valence-electron chi connectivity index (χ1n) is 9.21. The fraction of sp³-hybridized carbons (Fsp3) is 0.526. The molecule has 1 aliphatic carbocycles. The first-order chi connectivity index (χ1) is 13.2. The van der Waals surface area contributed by atoms with Crippen molar-refractivity contribution in [1.82, 2.24) is 14.9 Å². The summed E-state index contributed by atoms with van der Waals surface area (Å²) in [5.41, 5.74) is 0.305. The van der Waals surface area contributed by atoms with Crippen LogP contribution in [0.25, 0.3) is 11.0 Å². The molecule has 1 aromatic carbocycles. The van der Waals surface area contributed by atoms with E-state index in [9.17, 15) is 22.8 Å². The predicted molar refractivity (Wildman–Crippen MR) is 95.3 cm³/mol. The normalized spacial score (nSPS) is 20.1. The van der Waals surface area contributed by atoms with Crippen molar-refractivity contribution in [3.63, 3.8) is 0 Å². The topological polar surface area (TPSA) is 73.2 Å². The molecule has 1 saturated carbocycles. The highest BCUT2D eigenvalue weighted by atomic mass is 19.4. The summed E-state index contributed by atoms with van der Waals surface area (Å²) in [5, 5.41) is 2.80. The second-order valence-electron chi connectivity index (χ2n) is 7.19. The summed E-state index contributed by atoms with van der Waals surface area (Å²) in [4.78, 5) is 27.6. The highest BCUT2D eigenvalue weighted by Crippen LogP contribution is 2.31. The number of nitrogens with zero attached hydrogens (tertiary/aromatic N) is 2. The van der Waals surface area contributed by atoms with Gasteiger partial charge in [-0.3, -0.25) is 9.59 Å². The minimum Gasteiger partial charge on any atom is -0.454 e. The Hall–Kier alpha value is -2.58. The van der Waals surface area contributed by atoms with E-state index in [4.69, 9.17) is 4.74 Å². The number of ether oxygens (including phenoxy) is 1. The lowest BCUT2D eigenvalue weighted by Gasteiger charge is -2.26. The molecule has 0 spiro atoms. The number of fused-ring (bicyclic) bond motifs is 1. The number of carbonyl (C=O) groups is 2. The van der Waals surface area contributed by atoms with E-state index < -0.39 is 37.0 Å². The molecule has 1 amide bonds. The van der Waals surface area contributed by atoms with Gasteiger partial charge >= 0.3 is 12.1 Å². The van der Waals surface area contributed by atoms with E-state index in [0.717, 1.165) is 30.3 Å². The Morgan fingerprint density at radius 3 is 2.57 bits per heavy atom. The smallest absolute Gasteiger partial charge is 0.449 e. The van der Waals surface area contributed by atoms with Crippen molar-refractivity contribution in [2.75, 3.05) is 6.61 Å². The van der Waals surface area contributed by atoms with Crippen LogP contribution in [-0.4, -0.2) is 34.1 Å². The number of benzene rings is 1. The number of halogens is 3. The zero-order valence-electron chi connectivity index (χ0n) is 15.5. The number of amides is 1. The average molecular weight is 397 g/mol. The molecule has 0 aliphatic heterocycles. The fourth-order valence-corrected chi connectivity index (χ4v) is 3.45. The van der Waals surface area contributed by atoms with Crippen LogP contribution in [-0.2, 0) is 27.0 Å². The number of rotatable bonds is 5. The Morgan fingerprint density at radius 1 is 1.21 bits per heavy atom. The molecule has 1 fully saturated rings. The van der Waals surface area contributed by atoms with Gasteiger partial charge in [0.25, 0.3) is 5.91 Å². The molecule has 2 aromatic rings. The van der Waals surface area contributed by atoms with Gasteiger partial charge in [-0.2, -0.15) is 13.2 Å². The van der Waals surface area contributed by atoms with E-state index in [1.807, 2.05) is 0 Å². The van der Waals surface area contributed by atoms with Gasteiger partial charge in [0.2, 0.25) is 5.82 Å². The molecule has 0 unspecified atom stereocenters. The second kappa shape index (κ2) is 8.20. The zero-order valence-corrected chi connectivity index (χ0v) is 15.5. The van der Waals surface area contributed by atoms with Crippen molar-refractivity contribution in [2.24, 2.45) is 5.92 Å². The number of hydrogen-bond donors (Lipinski definition) is 1. The Kier molecular flexibility index (Phi) is 5.90. The van der Waals surface area contributed by atoms with Crippen LogP contribution in [0.1, 0.15) is 38.4 Å². The van der Waals surface area contributed by atoms with Gasteiger partial charge in [0, 0.05) is 6.04 Å². The highest BCUT2D eigenvalue weighted by molar-refractivity contribution is 5.82. The highest BCUT2D eigenvalue weighted by Gasteiger charge is 2.38. The quantitative estimate of drug-likeness (QED) is 0.786. The minimum atomic E-state index is -4.71. The third kappa shape index (κ3) is 4.82. The molecular formula is C19H22F3N3O3. The molecular weight excluding hydrogens is 375 g/mol. The summed E-state index contributed by atoms with van der Waals surface area (Å²) in [7, 11) is 0. The molecule has 1 aromatic heterocycles. The average Bonchev–Trinajstić information content (AvgIpc) is 3.01. The third-order valence-corrected chi connectivity index (χ3v) is 4.94. The number of esters is 1. The Labute approximate surface area is 160 Å². The number of aromatic nitrogens is 2. The van der Waals surface area contributed by atoms with Gasteiger partial charge < -0.3 is 14.6 Å². The van der Waals surface area contributed by atoms with Gasteiger partial charge in [0.1, 0.15) is 6.54 Å². The Bertz CT molecular complexity index is 855. The molecule has 3 rings (SSSR count). The van der Waals surface area contributed by atoms with Gasteiger partial charge in [-0.15, -0.1) is 0 Å². The molecule has 28 heavy (non-hydrogen) atoms. The molecule has 0 bridgehead atoms. The molecule has 1 heterocycles. The Morgan fingerprint density at radius 2 is 1.89 bits per heavy atom. The monoisotopic (exact) mass is 397 g/mol. The summed E-state index contributed by atoms with van der Waals surface area (Å²) in [5.74, 6) is -1.91. The lowest BCUT2D eigenvalue weighted by molar-refractivity contribution is -0.153. The first kappa shape index (κ1) is 20.2. The van der Waals surface area contributed by atoms with Crippen molar-refractivity contribution >= 4 is 22.9 Å². The van der Waals surface area contributed by atoms with Crippen LogP contribution in [0.3, 0.4) is 0 Å². The van der Waals surface area contributed by atoms with Crippen molar-refractivity contribution in [3.8, 4) is 0 Å². The van der Waals surface area contributed by atoms with Gasteiger partial charge in [-0.25, -0.2) is 4.98 Å². The summed E-state index contributed by atoms with van der Waals surface area (Å²) in [6, 6.07) is 6.06. The van der Waals surface area contributed by atoms with E-state index in [2.05, 4.69) is 17.2 Å². The van der Waals surface area contributed by atoms with Crippen molar-refractivity contribution < 1.29 is 27.5 Å². The largest absolute Gasteiger partial charge is 0.454 e. The predicted octanol–water partition coefficient (Wildman–Crippen LogP) is 3.29. The van der Waals surface area contributed by atoms with Crippen LogP contribution in [0.5, 0.6) is 0 Å². The second-order valence-corrected chi connectivity index (χ2v) is 7.19. The molecule has 1 N–H and O–H groups in total. The number of imidazole rings is 1. The summed E-state index contributed by atoms with van der Waals surface area (Å²) < 4.78 is 45.4. The maximum atomic E-state index is 13.2. The number of carbonyl (C=O) groups excluding carboxylic acids is 2. The van der Waals surface area contributed by atoms with Gasteiger partial charge in [0.15, 0.2) is 6.61 Å². The lowest BCUT2D eigenvalue weighted by Crippen LogP contribution is -2.39. The summed E-state index contributed by atoms with van der Waals surface area (Å²) >= 11 is 0. The molecule has 0 radical (unpaired) electrons. The number of para-hydroxylation sites is 2. The molecule has 1 aliphatic rings. The summed E-state index contributed by atoms with van der Waals surface area (Å²) in [6.45, 7) is 0.970. The Balaban J connectivity index is 1.60. The van der Waals surface area contributed by atoms with E-state index in [1.165, 1.54) is 12.1 Å². The molecule has 6 nitrogen and oxygen atoms in total. The number of nitrogens with one attached hydrogen (secondary N) is 1. The van der Waals surface area contributed by atoms with Crippen LogP contribution in [0.4, 0.5) is 13.2 Å². The minimum absolute atomic E-state index is 0.0526. The first-order valence-corrected chi connectivity index (χ1v) is 9.21. The van der Waals surface area contributed by atoms with E-state index >= 15 is 0 Å². The van der Waals surface area contributed by atoms with Crippen molar-refractivity contribution in [1.29, 1.82) is 0 Å². The van der Waals surface area contributed by atoms with Gasteiger partial charge in [-0.1, -0.05) is 19.1 Å². The van der Waals surface area contributed by atoms with Crippen LogP contribution < -0.4 is 5.32 Å². The number of alkyl halides is 3. The van der Waals surface area contributed by atoms with Crippen LogP contribution in [0, 0.1) is 5.92 Å². The number of hydrogen-bond acceptors (Lipinski definition) is 4. The van der Waals surface area contributed by atoms with E-state index in [-0.39, 0.29) is 17.1 Å². The lowest BCUT2D eigenvalue weighted by atomic mass is 9.87. The fourth-order valence-electron chi connectivity index (χ4n) is 3.45. The van der Waals surface area contributed by atoms with Crippen molar-refractivity contribution in [3.05, 3.63) is 30.1 Å². The van der Waals surface area contributed by atoms with Gasteiger partial charge in [-0.05, 0) is 43.7 Å². The van der Waals surface area contributed by atoms with E-state index in [0.29, 0.717) is 5.92 Å². The maximum Gasteiger partial charge on any atom is 0.449 e. The molecule has 152 valence electrons. The maximum absolute atomic E-state index is 13.2. The third-order valence-electron chi connectivity index (χ3n) is 4.94. The molecule has 0 saturated heterocycles. The van der Waals surface area contributed by atoms with E-state index in [1.54, 1.807) is 12.1 Å². The van der Waals surface area contributed by atoms with Crippen molar-refractivity contribution in [2.45, 2.75) is 51.4 Å². The van der Waals surface area contributed by atoms with Gasteiger partial charge in [0.05, 0.1) is 11.0 Å². The molecule has 9 heteroatoms. The van der Waals surface area contributed by atoms with Crippen LogP contribution in [0.15, 0.2) is 24.3 Å². The van der Waals surface area contributed by atoms with Crippen LogP contribution >= 0.6 is 0 Å². The SMILES string of the molecule is CC1CCC(NC(=O)COC(=O)Cn2c(C(F)(F)F)nc3ccccc32)CC1. The van der Waals surface area contributed by atoms with Crippen LogP contribution in [0.2, 0.25) is 0 Å². The zero-order chi connectivity index (χ0) is 20.3. The standard InChI is InChI=1S/C19H22F3N3O3/c1-12-6-8-13(9-7-12)23-16(26)11-28-17(27)10-25-15-5-3-2-4-14(15)24-18(25)19(20,21)22/h2-5,12-13H,6-11H2,1H3,(H,23,26).